The Morgan fingerprint density at radius 2 is 2.21 bits per heavy atom. The monoisotopic (exact) mass is 216 g/mol. The summed E-state index contributed by atoms with van der Waals surface area (Å²) in [6.07, 6.45) is 1.32. The maximum absolute atomic E-state index is 6.21. The molecule has 0 aliphatic carbocycles. The van der Waals surface area contributed by atoms with E-state index in [4.69, 9.17) is 10.5 Å². The Balaban J connectivity index is 1.72. The predicted octanol–water partition coefficient (Wildman–Crippen LogP) is 0.399. The van der Waals surface area contributed by atoms with Crippen LogP contribution < -0.4 is 5.73 Å². The third-order valence-corrected chi connectivity index (χ3v) is 4.33. The molecule has 2 saturated heterocycles. The van der Waals surface area contributed by atoms with Crippen molar-refractivity contribution < 1.29 is 4.74 Å². The summed E-state index contributed by atoms with van der Waals surface area (Å²) >= 11 is 2.05. The number of thioether (sulfide) groups is 1. The molecule has 2 N–H and O–H groups in total. The SMILES string of the molecule is NC(CN1CCOCC1)C1CCSC1. The molecule has 14 heavy (non-hydrogen) atoms. The fourth-order valence-corrected chi connectivity index (χ4v) is 3.47. The molecular formula is C10H20N2OS. The van der Waals surface area contributed by atoms with Gasteiger partial charge in [0.15, 0.2) is 0 Å². The number of ether oxygens (including phenoxy) is 1. The second kappa shape index (κ2) is 5.35. The van der Waals surface area contributed by atoms with Crippen LogP contribution >= 0.6 is 11.8 Å². The molecule has 0 aromatic heterocycles. The van der Waals surface area contributed by atoms with Gasteiger partial charge >= 0.3 is 0 Å². The molecule has 0 bridgehead atoms. The summed E-state index contributed by atoms with van der Waals surface area (Å²) in [4.78, 5) is 2.44. The van der Waals surface area contributed by atoms with Crippen LogP contribution in [0.1, 0.15) is 6.42 Å². The van der Waals surface area contributed by atoms with Crippen molar-refractivity contribution in [3.8, 4) is 0 Å². The number of nitrogens with two attached hydrogens (primary N) is 1. The fraction of sp³-hybridized carbons (Fsp3) is 1.00. The first-order valence-electron chi connectivity index (χ1n) is 5.49. The van der Waals surface area contributed by atoms with Crippen LogP contribution in [0, 0.1) is 5.92 Å². The molecule has 2 rings (SSSR count). The Morgan fingerprint density at radius 1 is 1.43 bits per heavy atom. The third kappa shape index (κ3) is 2.86. The minimum Gasteiger partial charge on any atom is -0.379 e. The van der Waals surface area contributed by atoms with Crippen molar-refractivity contribution in [3.63, 3.8) is 0 Å². The van der Waals surface area contributed by atoms with Crippen LogP contribution in [0.5, 0.6) is 0 Å². The maximum atomic E-state index is 6.21. The van der Waals surface area contributed by atoms with E-state index in [9.17, 15) is 0 Å². The van der Waals surface area contributed by atoms with Gasteiger partial charge in [0.2, 0.25) is 0 Å². The molecule has 2 atom stereocenters. The van der Waals surface area contributed by atoms with Gasteiger partial charge in [0.25, 0.3) is 0 Å². The minimum absolute atomic E-state index is 0.378. The van der Waals surface area contributed by atoms with Crippen LogP contribution in [0.25, 0.3) is 0 Å². The highest BCUT2D eigenvalue weighted by atomic mass is 32.2. The van der Waals surface area contributed by atoms with Crippen LogP contribution in [0.4, 0.5) is 0 Å². The molecule has 2 aliphatic heterocycles. The summed E-state index contributed by atoms with van der Waals surface area (Å²) in [6.45, 7) is 4.95. The van der Waals surface area contributed by atoms with Crippen LogP contribution in [0.15, 0.2) is 0 Å². The van der Waals surface area contributed by atoms with Crippen LogP contribution in [0.3, 0.4) is 0 Å². The third-order valence-electron chi connectivity index (χ3n) is 3.14. The van der Waals surface area contributed by atoms with E-state index in [-0.39, 0.29) is 0 Å². The van der Waals surface area contributed by atoms with Gasteiger partial charge in [-0.2, -0.15) is 11.8 Å². The summed E-state index contributed by atoms with van der Waals surface area (Å²) in [6, 6.07) is 0.378. The molecule has 0 saturated carbocycles. The van der Waals surface area contributed by atoms with Crippen molar-refractivity contribution in [2.45, 2.75) is 12.5 Å². The topological polar surface area (TPSA) is 38.5 Å². The summed E-state index contributed by atoms with van der Waals surface area (Å²) in [5.74, 6) is 3.33. The zero-order chi connectivity index (χ0) is 9.80. The summed E-state index contributed by atoms with van der Waals surface area (Å²) in [5.41, 5.74) is 6.21. The highest BCUT2D eigenvalue weighted by molar-refractivity contribution is 7.99. The van der Waals surface area contributed by atoms with Crippen LogP contribution in [-0.4, -0.2) is 55.3 Å². The largest absolute Gasteiger partial charge is 0.379 e. The zero-order valence-electron chi connectivity index (χ0n) is 8.65. The Kier molecular flexibility index (Phi) is 4.10. The lowest BCUT2D eigenvalue weighted by Crippen LogP contribution is -2.46. The summed E-state index contributed by atoms with van der Waals surface area (Å²) in [5, 5.41) is 0. The van der Waals surface area contributed by atoms with Gasteiger partial charge in [-0.15, -0.1) is 0 Å². The van der Waals surface area contributed by atoms with E-state index < -0.39 is 0 Å². The Labute approximate surface area is 90.3 Å². The van der Waals surface area contributed by atoms with Crippen LogP contribution in [0.2, 0.25) is 0 Å². The van der Waals surface area contributed by atoms with E-state index in [1.165, 1.54) is 17.9 Å². The van der Waals surface area contributed by atoms with Gasteiger partial charge in [0, 0.05) is 25.7 Å². The molecule has 0 spiro atoms. The molecule has 2 fully saturated rings. The molecule has 0 aromatic carbocycles. The summed E-state index contributed by atoms with van der Waals surface area (Å²) < 4.78 is 5.32. The first-order chi connectivity index (χ1) is 6.86. The summed E-state index contributed by atoms with van der Waals surface area (Å²) in [7, 11) is 0. The molecule has 2 unspecified atom stereocenters. The average molecular weight is 216 g/mol. The number of rotatable bonds is 3. The fourth-order valence-electron chi connectivity index (χ4n) is 2.12. The molecule has 0 amide bonds. The van der Waals surface area contributed by atoms with Crippen molar-refractivity contribution in [2.24, 2.45) is 11.7 Å². The predicted molar refractivity (Wildman–Crippen MR) is 60.7 cm³/mol. The van der Waals surface area contributed by atoms with Gasteiger partial charge in [-0.05, 0) is 23.8 Å². The average Bonchev–Trinajstić information content (AvgIpc) is 2.72. The second-order valence-electron chi connectivity index (χ2n) is 4.20. The number of morpholine rings is 1. The van der Waals surface area contributed by atoms with Gasteiger partial charge < -0.3 is 10.5 Å². The van der Waals surface area contributed by atoms with E-state index >= 15 is 0 Å². The minimum atomic E-state index is 0.378. The normalized spacial score (nSPS) is 31.9. The van der Waals surface area contributed by atoms with Gasteiger partial charge in [-0.1, -0.05) is 0 Å². The quantitative estimate of drug-likeness (QED) is 0.741. The van der Waals surface area contributed by atoms with Crippen molar-refractivity contribution >= 4 is 11.8 Å². The Morgan fingerprint density at radius 3 is 2.86 bits per heavy atom. The van der Waals surface area contributed by atoms with Crippen LogP contribution in [-0.2, 0) is 4.74 Å². The Bertz CT molecular complexity index is 168. The molecular weight excluding hydrogens is 196 g/mol. The van der Waals surface area contributed by atoms with Gasteiger partial charge in [-0.25, -0.2) is 0 Å². The molecule has 82 valence electrons. The second-order valence-corrected chi connectivity index (χ2v) is 5.35. The van der Waals surface area contributed by atoms with Gasteiger partial charge in [0.1, 0.15) is 0 Å². The molecule has 0 aromatic rings. The van der Waals surface area contributed by atoms with Crippen molar-refractivity contribution in [2.75, 3.05) is 44.4 Å². The lowest BCUT2D eigenvalue weighted by Gasteiger charge is -2.30. The zero-order valence-corrected chi connectivity index (χ0v) is 9.47. The van der Waals surface area contributed by atoms with Gasteiger partial charge in [0.05, 0.1) is 13.2 Å². The highest BCUT2D eigenvalue weighted by Gasteiger charge is 2.24. The molecule has 0 radical (unpaired) electrons. The molecule has 2 heterocycles. The van der Waals surface area contributed by atoms with Crippen molar-refractivity contribution in [1.82, 2.24) is 4.90 Å². The lowest BCUT2D eigenvalue weighted by atomic mass is 9.99. The van der Waals surface area contributed by atoms with Crippen molar-refractivity contribution in [3.05, 3.63) is 0 Å². The Hall–Kier alpha value is 0.230. The standard InChI is InChI=1S/C10H20N2OS/c11-10(9-1-6-14-8-9)7-12-2-4-13-5-3-12/h9-10H,1-8,11H2. The number of hydrogen-bond donors (Lipinski definition) is 1. The van der Waals surface area contributed by atoms with E-state index in [2.05, 4.69) is 4.90 Å². The van der Waals surface area contributed by atoms with E-state index in [1.54, 1.807) is 0 Å². The molecule has 4 heteroatoms. The van der Waals surface area contributed by atoms with Crippen molar-refractivity contribution in [1.29, 1.82) is 0 Å². The number of nitrogens with zero attached hydrogens (tertiary/aromatic N) is 1. The van der Waals surface area contributed by atoms with Gasteiger partial charge in [-0.3, -0.25) is 4.90 Å². The molecule has 2 aliphatic rings. The highest BCUT2D eigenvalue weighted by Crippen LogP contribution is 2.25. The lowest BCUT2D eigenvalue weighted by molar-refractivity contribution is 0.0331. The van der Waals surface area contributed by atoms with E-state index in [1.807, 2.05) is 11.8 Å². The number of hydrogen-bond acceptors (Lipinski definition) is 4. The maximum Gasteiger partial charge on any atom is 0.0594 e. The smallest absolute Gasteiger partial charge is 0.0594 e. The van der Waals surface area contributed by atoms with E-state index in [0.717, 1.165) is 38.8 Å². The first kappa shape index (κ1) is 10.7. The van der Waals surface area contributed by atoms with E-state index in [0.29, 0.717) is 6.04 Å². The first-order valence-corrected chi connectivity index (χ1v) is 6.65. The molecule has 3 nitrogen and oxygen atoms in total.